The first-order valence-corrected chi connectivity index (χ1v) is 21.1. The molecule has 0 unspecified atom stereocenters. The fraction of sp³-hybridized carbons (Fsp3) is 0.0847. The maximum Gasteiger partial charge on any atom is -0.000763 e. The molecule has 0 radical (unpaired) electrons. The van der Waals surface area contributed by atoms with Gasteiger partial charge in [-0.1, -0.05) is 169 Å². The molecule has 0 saturated carbocycles. The minimum atomic E-state index is 0.989. The first-order valence-electron chi connectivity index (χ1n) is 21.1. The van der Waals surface area contributed by atoms with Gasteiger partial charge in [-0.05, 0) is 176 Å². The van der Waals surface area contributed by atoms with E-state index in [0.29, 0.717) is 0 Å². The van der Waals surface area contributed by atoms with Crippen molar-refractivity contribution in [2.45, 2.75) is 34.1 Å². The Hall–Kier alpha value is -7.02. The molecule has 0 aromatic heterocycles. The van der Waals surface area contributed by atoms with Gasteiger partial charge in [0.15, 0.2) is 0 Å². The predicted molar refractivity (Wildman–Crippen MR) is 257 cm³/mol. The highest BCUT2D eigenvalue weighted by molar-refractivity contribution is 6.40. The van der Waals surface area contributed by atoms with Crippen molar-refractivity contribution < 1.29 is 0 Å². The summed E-state index contributed by atoms with van der Waals surface area (Å²) < 4.78 is 0. The number of hydrogen-bond acceptors (Lipinski definition) is 0. The number of hydrogen-bond donors (Lipinski definition) is 0. The van der Waals surface area contributed by atoms with Gasteiger partial charge >= 0.3 is 0 Å². The lowest BCUT2D eigenvalue weighted by Crippen LogP contribution is -1.96. The van der Waals surface area contributed by atoms with E-state index in [2.05, 4.69) is 185 Å². The van der Waals surface area contributed by atoms with Crippen LogP contribution in [0.3, 0.4) is 0 Å². The average Bonchev–Trinajstić information content (AvgIpc) is 3.57. The Labute approximate surface area is 343 Å². The molecule has 0 amide bonds. The van der Waals surface area contributed by atoms with Gasteiger partial charge in [0.2, 0.25) is 0 Å². The zero-order valence-corrected chi connectivity index (χ0v) is 33.7. The lowest BCUT2D eigenvalue weighted by Gasteiger charge is -2.23. The average molecular weight is 749 g/mol. The van der Waals surface area contributed by atoms with Gasteiger partial charge in [0.05, 0.1) is 0 Å². The van der Waals surface area contributed by atoms with Gasteiger partial charge in [0, 0.05) is 0 Å². The van der Waals surface area contributed by atoms with Crippen LogP contribution in [-0.4, -0.2) is 0 Å². The van der Waals surface area contributed by atoms with Crippen LogP contribution in [0.5, 0.6) is 0 Å². The van der Waals surface area contributed by atoms with Crippen molar-refractivity contribution in [3.63, 3.8) is 0 Å². The van der Waals surface area contributed by atoms with E-state index in [1.54, 1.807) is 0 Å². The van der Waals surface area contributed by atoms with E-state index in [0.717, 1.165) is 6.42 Å². The summed E-state index contributed by atoms with van der Waals surface area (Å²) in [6, 6.07) is 61.1. The van der Waals surface area contributed by atoms with Gasteiger partial charge in [-0.25, -0.2) is 0 Å². The Balaban J connectivity index is 1.28. The topological polar surface area (TPSA) is 0 Å². The van der Waals surface area contributed by atoms with Crippen LogP contribution >= 0.6 is 0 Å². The summed E-state index contributed by atoms with van der Waals surface area (Å²) >= 11 is 0. The lowest BCUT2D eigenvalue weighted by molar-refractivity contribution is 1.13. The molecule has 276 valence electrons. The van der Waals surface area contributed by atoms with Gasteiger partial charge in [0.1, 0.15) is 0 Å². The second-order valence-electron chi connectivity index (χ2n) is 17.3. The summed E-state index contributed by atoms with van der Waals surface area (Å²) in [5.74, 6) is 0. The summed E-state index contributed by atoms with van der Waals surface area (Å²) in [5, 5.41) is 21.3. The highest BCUT2D eigenvalue weighted by Gasteiger charge is 2.29. The summed E-state index contributed by atoms with van der Waals surface area (Å²) in [7, 11) is 0. The van der Waals surface area contributed by atoms with Crippen LogP contribution in [-0.2, 0) is 6.42 Å². The van der Waals surface area contributed by atoms with Crippen LogP contribution in [0.25, 0.3) is 131 Å². The zero-order valence-electron chi connectivity index (χ0n) is 33.7. The van der Waals surface area contributed by atoms with Crippen LogP contribution in [0, 0.1) is 20.8 Å². The quantitative estimate of drug-likeness (QED) is 0.125. The highest BCUT2D eigenvalue weighted by Crippen LogP contribution is 2.56. The van der Waals surface area contributed by atoms with Crippen LogP contribution in [0.2, 0.25) is 0 Å². The molecule has 1 aliphatic rings. The van der Waals surface area contributed by atoms with Crippen molar-refractivity contribution in [3.05, 3.63) is 180 Å². The van der Waals surface area contributed by atoms with Crippen molar-refractivity contribution in [1.82, 2.24) is 0 Å². The summed E-state index contributed by atoms with van der Waals surface area (Å²) in [5.41, 5.74) is 15.8. The maximum absolute atomic E-state index is 2.58. The van der Waals surface area contributed by atoms with Crippen molar-refractivity contribution >= 4 is 86.2 Å². The summed E-state index contributed by atoms with van der Waals surface area (Å²) in [6.45, 7) is 9.03. The van der Waals surface area contributed by atoms with Crippen LogP contribution < -0.4 is 0 Å². The smallest absolute Gasteiger partial charge is 0.000763 e. The first kappa shape index (κ1) is 33.0. The third-order valence-electron chi connectivity index (χ3n) is 13.7. The second kappa shape index (κ2) is 11.8. The molecular weight excluding hydrogens is 709 g/mol. The molecule has 0 heteroatoms. The Morgan fingerprint density at radius 3 is 1.27 bits per heavy atom. The molecule has 1 aliphatic carbocycles. The molecule has 12 aromatic carbocycles. The fourth-order valence-corrected chi connectivity index (χ4v) is 11.5. The van der Waals surface area contributed by atoms with E-state index < -0.39 is 0 Å². The molecule has 0 fully saturated rings. The van der Waals surface area contributed by atoms with Crippen LogP contribution in [0.15, 0.2) is 158 Å². The van der Waals surface area contributed by atoms with Gasteiger partial charge in [0.25, 0.3) is 0 Å². The number of rotatable bonds is 3. The fourth-order valence-electron chi connectivity index (χ4n) is 11.5. The minimum absolute atomic E-state index is 0.989. The third-order valence-corrected chi connectivity index (χ3v) is 13.7. The minimum Gasteiger partial charge on any atom is -0.0616 e. The molecule has 0 saturated heterocycles. The van der Waals surface area contributed by atoms with E-state index >= 15 is 0 Å². The molecular formula is C59H40. The Bertz CT molecular complexity index is 3770. The Kier molecular flexibility index (Phi) is 6.59. The van der Waals surface area contributed by atoms with Crippen molar-refractivity contribution in [2.75, 3.05) is 0 Å². The normalized spacial score (nSPS) is 12.5. The van der Waals surface area contributed by atoms with E-state index in [1.807, 2.05) is 0 Å². The standard InChI is InChI=1S/C59H40/c1-5-35-25-34(4)28-38(29-35)55-52-31-50-48-23-21-46-44-19-11-13-36-12-10-18-43(53(36)44)45-20-22-47(57(48)56(45)46)49(50)30-51(52)54(37-26-32(2)24-33(3)27-37)58-41-16-8-6-14-39(41)40-15-7-9-17-42(40)59(55)58/h6-31H,5H2,1-4H3. The molecule has 0 atom stereocenters. The first-order chi connectivity index (χ1) is 28.9. The summed E-state index contributed by atoms with van der Waals surface area (Å²) in [6.07, 6.45) is 0.989. The maximum atomic E-state index is 2.58. The summed E-state index contributed by atoms with van der Waals surface area (Å²) in [4.78, 5) is 0. The second-order valence-corrected chi connectivity index (χ2v) is 17.3. The van der Waals surface area contributed by atoms with Gasteiger partial charge < -0.3 is 0 Å². The van der Waals surface area contributed by atoms with E-state index in [9.17, 15) is 0 Å². The highest BCUT2D eigenvalue weighted by atomic mass is 14.3. The van der Waals surface area contributed by atoms with E-state index in [1.165, 1.54) is 153 Å². The lowest BCUT2D eigenvalue weighted by atomic mass is 9.79. The monoisotopic (exact) mass is 748 g/mol. The number of fused-ring (bicyclic) bond motifs is 12. The molecule has 0 spiro atoms. The predicted octanol–water partition coefficient (Wildman–Crippen LogP) is 16.8. The van der Waals surface area contributed by atoms with E-state index in [4.69, 9.17) is 0 Å². The molecule has 0 bridgehead atoms. The molecule has 59 heavy (non-hydrogen) atoms. The number of aryl methyl sites for hydroxylation is 4. The van der Waals surface area contributed by atoms with Gasteiger partial charge in [-0.3, -0.25) is 0 Å². The molecule has 0 heterocycles. The third kappa shape index (κ3) is 4.39. The van der Waals surface area contributed by atoms with Crippen LogP contribution in [0.4, 0.5) is 0 Å². The van der Waals surface area contributed by atoms with Crippen molar-refractivity contribution in [1.29, 1.82) is 0 Å². The molecule has 13 rings (SSSR count). The SMILES string of the molecule is CCc1cc(C)cc(-c2c3cc4c(cc3c(-c3cc(C)cc(C)c3)c3c5ccccc5c5ccccc5c23)-c2ccc3c5cccc6cccc(c7ccc-4c2c37)c65)c1. The van der Waals surface area contributed by atoms with Gasteiger partial charge in [-0.2, -0.15) is 0 Å². The molecule has 0 nitrogen and oxygen atoms in total. The van der Waals surface area contributed by atoms with Crippen molar-refractivity contribution in [3.8, 4) is 44.5 Å². The number of benzene rings is 12. The molecule has 0 N–H and O–H groups in total. The van der Waals surface area contributed by atoms with Crippen molar-refractivity contribution in [2.24, 2.45) is 0 Å². The van der Waals surface area contributed by atoms with E-state index in [-0.39, 0.29) is 0 Å². The Morgan fingerprint density at radius 1 is 0.305 bits per heavy atom. The molecule has 0 aliphatic heterocycles. The molecule has 12 aromatic rings. The van der Waals surface area contributed by atoms with Crippen LogP contribution in [0.1, 0.15) is 29.2 Å². The Morgan fingerprint density at radius 2 is 0.746 bits per heavy atom. The van der Waals surface area contributed by atoms with Gasteiger partial charge in [-0.15, -0.1) is 0 Å². The zero-order chi connectivity index (χ0) is 39.3. The largest absolute Gasteiger partial charge is 0.0616 e.